The Bertz CT molecular complexity index is 970. The van der Waals surface area contributed by atoms with Crippen LogP contribution in [0, 0.1) is 0 Å². The summed E-state index contributed by atoms with van der Waals surface area (Å²) in [5, 5.41) is 19.9. The van der Waals surface area contributed by atoms with Crippen LogP contribution in [0.2, 0.25) is 0 Å². The quantitative estimate of drug-likeness (QED) is 0.445. The molecule has 4 aromatic heterocycles. The summed E-state index contributed by atoms with van der Waals surface area (Å²) in [5.41, 5.74) is 0.992. The fourth-order valence-corrected chi connectivity index (χ4v) is 4.74. The summed E-state index contributed by atoms with van der Waals surface area (Å²) in [6.07, 6.45) is 2.37. The van der Waals surface area contributed by atoms with Crippen molar-refractivity contribution in [3.05, 3.63) is 40.2 Å². The highest BCUT2D eigenvalue weighted by atomic mass is 32.2. The average molecular weight is 388 g/mol. The minimum absolute atomic E-state index is 0.513. The highest BCUT2D eigenvalue weighted by molar-refractivity contribution is 7.98. The third-order valence-electron chi connectivity index (χ3n) is 3.89. The van der Waals surface area contributed by atoms with Gasteiger partial charge in [-0.05, 0) is 35.7 Å². The minimum Gasteiger partial charge on any atom is -0.338 e. The Morgan fingerprint density at radius 1 is 1.24 bits per heavy atom. The third kappa shape index (κ3) is 3.03. The van der Waals surface area contributed by atoms with E-state index in [2.05, 4.69) is 36.4 Å². The minimum atomic E-state index is 0.513. The Balaban J connectivity index is 1.36. The molecule has 1 fully saturated rings. The molecule has 6 nitrogen and oxygen atoms in total. The van der Waals surface area contributed by atoms with Crippen molar-refractivity contribution in [2.24, 2.45) is 0 Å². The van der Waals surface area contributed by atoms with E-state index in [1.54, 1.807) is 34.4 Å². The van der Waals surface area contributed by atoms with Crippen LogP contribution >= 0.6 is 34.4 Å². The van der Waals surface area contributed by atoms with Crippen LogP contribution in [0.1, 0.15) is 24.8 Å². The van der Waals surface area contributed by atoms with E-state index in [9.17, 15) is 0 Å². The summed E-state index contributed by atoms with van der Waals surface area (Å²) < 4.78 is 7.63. The second-order valence-corrected chi connectivity index (χ2v) is 8.37. The van der Waals surface area contributed by atoms with Crippen LogP contribution in [-0.4, -0.2) is 24.9 Å². The Labute approximate surface area is 155 Å². The number of thiophene rings is 2. The molecule has 9 heteroatoms. The van der Waals surface area contributed by atoms with Gasteiger partial charge in [0.15, 0.2) is 11.0 Å². The molecule has 0 saturated heterocycles. The van der Waals surface area contributed by atoms with E-state index in [0.29, 0.717) is 23.5 Å². The molecular weight excluding hydrogens is 374 g/mol. The van der Waals surface area contributed by atoms with E-state index in [0.717, 1.165) is 21.4 Å². The molecule has 4 heterocycles. The molecule has 1 saturated carbocycles. The largest absolute Gasteiger partial charge is 0.338 e. The van der Waals surface area contributed by atoms with Gasteiger partial charge in [0, 0.05) is 17.0 Å². The molecule has 0 radical (unpaired) electrons. The number of thioether (sulfide) groups is 1. The number of rotatable bonds is 6. The SMILES string of the molecule is c1csc(-c2nnc(SCc3nc(-c4ccsc4)no3)n2C2CC2)c1. The first-order valence-electron chi connectivity index (χ1n) is 7.85. The van der Waals surface area contributed by atoms with Crippen molar-refractivity contribution in [3.63, 3.8) is 0 Å². The maximum Gasteiger partial charge on any atom is 0.237 e. The number of hydrogen-bond donors (Lipinski definition) is 0. The van der Waals surface area contributed by atoms with Crippen molar-refractivity contribution < 1.29 is 4.52 Å². The summed E-state index contributed by atoms with van der Waals surface area (Å²) in [5.74, 6) is 2.80. The molecule has 0 unspecified atom stereocenters. The molecule has 0 spiro atoms. The van der Waals surface area contributed by atoms with Gasteiger partial charge in [0.2, 0.25) is 11.7 Å². The van der Waals surface area contributed by atoms with Crippen molar-refractivity contribution in [3.8, 4) is 22.1 Å². The van der Waals surface area contributed by atoms with E-state index in [1.807, 2.05) is 22.9 Å². The van der Waals surface area contributed by atoms with Gasteiger partial charge in [0.1, 0.15) is 0 Å². The molecule has 1 aliphatic rings. The van der Waals surface area contributed by atoms with Crippen LogP contribution < -0.4 is 0 Å². The zero-order chi connectivity index (χ0) is 16.6. The topological polar surface area (TPSA) is 69.6 Å². The van der Waals surface area contributed by atoms with Crippen molar-refractivity contribution in [2.45, 2.75) is 29.8 Å². The monoisotopic (exact) mass is 387 g/mol. The van der Waals surface area contributed by atoms with Gasteiger partial charge in [-0.25, -0.2) is 0 Å². The van der Waals surface area contributed by atoms with Crippen molar-refractivity contribution in [1.29, 1.82) is 0 Å². The van der Waals surface area contributed by atoms with Gasteiger partial charge in [0.05, 0.1) is 10.6 Å². The van der Waals surface area contributed by atoms with Gasteiger partial charge in [-0.2, -0.15) is 16.3 Å². The Hall–Kier alpha value is -1.97. The molecule has 5 rings (SSSR count). The van der Waals surface area contributed by atoms with Crippen LogP contribution in [0.15, 0.2) is 44.0 Å². The van der Waals surface area contributed by atoms with Gasteiger partial charge < -0.3 is 4.52 Å². The Morgan fingerprint density at radius 3 is 2.96 bits per heavy atom. The molecule has 0 atom stereocenters. The highest BCUT2D eigenvalue weighted by Crippen LogP contribution is 2.42. The standard InChI is InChI=1S/C16H13N5OS3/c1-2-12(24-6-1)15-18-19-16(21(15)11-3-4-11)25-9-13-17-14(20-22-13)10-5-7-23-8-10/h1-2,5-8,11H,3-4,9H2. The van der Waals surface area contributed by atoms with Crippen molar-refractivity contribution in [1.82, 2.24) is 24.9 Å². The predicted molar refractivity (Wildman–Crippen MR) is 98.8 cm³/mol. The number of aromatic nitrogens is 5. The fraction of sp³-hybridized carbons (Fsp3) is 0.250. The third-order valence-corrected chi connectivity index (χ3v) is 6.37. The summed E-state index contributed by atoms with van der Waals surface area (Å²) in [6, 6.07) is 6.64. The summed E-state index contributed by atoms with van der Waals surface area (Å²) >= 11 is 4.91. The predicted octanol–water partition coefficient (Wildman–Crippen LogP) is 4.75. The Kier molecular flexibility index (Phi) is 3.91. The van der Waals surface area contributed by atoms with Gasteiger partial charge in [-0.15, -0.1) is 21.5 Å². The maximum absolute atomic E-state index is 5.37. The molecule has 0 N–H and O–H groups in total. The lowest BCUT2D eigenvalue weighted by molar-refractivity contribution is 0.391. The van der Waals surface area contributed by atoms with Gasteiger partial charge in [-0.1, -0.05) is 23.0 Å². The molecule has 25 heavy (non-hydrogen) atoms. The van der Waals surface area contributed by atoms with Gasteiger partial charge in [0.25, 0.3) is 0 Å². The van der Waals surface area contributed by atoms with E-state index >= 15 is 0 Å². The molecule has 4 aromatic rings. The first-order valence-corrected chi connectivity index (χ1v) is 10.7. The van der Waals surface area contributed by atoms with Crippen LogP contribution in [0.5, 0.6) is 0 Å². The first-order chi connectivity index (χ1) is 12.4. The van der Waals surface area contributed by atoms with E-state index in [4.69, 9.17) is 4.52 Å². The van der Waals surface area contributed by atoms with Crippen molar-refractivity contribution in [2.75, 3.05) is 0 Å². The van der Waals surface area contributed by atoms with Crippen LogP contribution in [0.3, 0.4) is 0 Å². The van der Waals surface area contributed by atoms with Crippen LogP contribution in [0.25, 0.3) is 22.1 Å². The second-order valence-electron chi connectivity index (χ2n) is 5.70. The van der Waals surface area contributed by atoms with E-state index < -0.39 is 0 Å². The number of nitrogens with zero attached hydrogens (tertiary/aromatic N) is 5. The fourth-order valence-electron chi connectivity index (χ4n) is 2.56. The smallest absolute Gasteiger partial charge is 0.237 e. The summed E-state index contributed by atoms with van der Waals surface area (Å²) in [6.45, 7) is 0. The molecule has 1 aliphatic carbocycles. The van der Waals surface area contributed by atoms with Crippen LogP contribution in [-0.2, 0) is 5.75 Å². The molecule has 0 aromatic carbocycles. The first kappa shape index (κ1) is 15.3. The van der Waals surface area contributed by atoms with E-state index in [-0.39, 0.29) is 0 Å². The number of hydrogen-bond acceptors (Lipinski definition) is 8. The van der Waals surface area contributed by atoms with Crippen LogP contribution in [0.4, 0.5) is 0 Å². The second kappa shape index (κ2) is 6.40. The Morgan fingerprint density at radius 2 is 2.20 bits per heavy atom. The summed E-state index contributed by atoms with van der Waals surface area (Å²) in [7, 11) is 0. The zero-order valence-corrected chi connectivity index (χ0v) is 15.5. The molecular formula is C16H13N5OS3. The molecule has 126 valence electrons. The summed E-state index contributed by atoms with van der Waals surface area (Å²) in [4.78, 5) is 5.62. The molecule has 0 amide bonds. The molecule has 0 bridgehead atoms. The zero-order valence-electron chi connectivity index (χ0n) is 13.0. The lowest BCUT2D eigenvalue weighted by atomic mass is 10.3. The van der Waals surface area contributed by atoms with Gasteiger partial charge in [-0.3, -0.25) is 4.57 Å². The van der Waals surface area contributed by atoms with E-state index in [1.165, 1.54) is 12.8 Å². The highest BCUT2D eigenvalue weighted by Gasteiger charge is 2.30. The van der Waals surface area contributed by atoms with Crippen molar-refractivity contribution >= 4 is 34.4 Å². The van der Waals surface area contributed by atoms with Gasteiger partial charge >= 0.3 is 0 Å². The lowest BCUT2D eigenvalue weighted by Gasteiger charge is -2.06. The normalized spacial score (nSPS) is 14.2. The average Bonchev–Trinajstić information content (AvgIpc) is 3.16. The molecule has 0 aliphatic heterocycles. The maximum atomic E-state index is 5.37. The lowest BCUT2D eigenvalue weighted by Crippen LogP contribution is -1.99.